The Morgan fingerprint density at radius 2 is 2.00 bits per heavy atom. The van der Waals surface area contributed by atoms with Gasteiger partial charge < -0.3 is 9.84 Å². The predicted octanol–water partition coefficient (Wildman–Crippen LogP) is 1.96. The number of hydrogen-bond acceptors (Lipinski definition) is 2. The van der Waals surface area contributed by atoms with Crippen molar-refractivity contribution in [3.8, 4) is 0 Å². The van der Waals surface area contributed by atoms with Crippen molar-refractivity contribution in [2.45, 2.75) is 45.6 Å². The van der Waals surface area contributed by atoms with E-state index in [-0.39, 0.29) is 11.5 Å². The zero-order valence-electron chi connectivity index (χ0n) is 8.18. The largest absolute Gasteiger partial charge is 0.392 e. The smallest absolute Gasteiger partial charge is 0.0640 e. The van der Waals surface area contributed by atoms with E-state index in [1.165, 1.54) is 0 Å². The van der Waals surface area contributed by atoms with Crippen LogP contribution in [0.5, 0.6) is 0 Å². The molecule has 1 aliphatic rings. The van der Waals surface area contributed by atoms with Gasteiger partial charge in [-0.2, -0.15) is 0 Å². The first-order valence-corrected chi connectivity index (χ1v) is 5.01. The molecule has 1 aliphatic heterocycles. The molecule has 0 aromatic heterocycles. The molecule has 72 valence electrons. The lowest BCUT2D eigenvalue weighted by atomic mass is 9.75. The Morgan fingerprint density at radius 1 is 1.33 bits per heavy atom. The first kappa shape index (κ1) is 10.0. The van der Waals surface area contributed by atoms with Crippen LogP contribution in [0, 0.1) is 5.41 Å². The summed E-state index contributed by atoms with van der Waals surface area (Å²) in [5.74, 6) is 0. The highest BCUT2D eigenvalue weighted by Gasteiger charge is 2.43. The molecule has 0 bridgehead atoms. The van der Waals surface area contributed by atoms with Crippen molar-refractivity contribution in [1.29, 1.82) is 0 Å². The van der Waals surface area contributed by atoms with Crippen LogP contribution in [0.25, 0.3) is 0 Å². The van der Waals surface area contributed by atoms with E-state index >= 15 is 0 Å². The van der Waals surface area contributed by atoms with E-state index in [1.54, 1.807) is 0 Å². The maximum absolute atomic E-state index is 9.87. The highest BCUT2D eigenvalue weighted by atomic mass is 16.5. The fourth-order valence-corrected chi connectivity index (χ4v) is 1.95. The van der Waals surface area contributed by atoms with Crippen LogP contribution >= 0.6 is 0 Å². The van der Waals surface area contributed by atoms with E-state index in [1.807, 2.05) is 0 Å². The molecule has 2 nitrogen and oxygen atoms in total. The first-order valence-electron chi connectivity index (χ1n) is 5.01. The molecule has 1 unspecified atom stereocenters. The number of hydrogen-bond donors (Lipinski definition) is 1. The molecular formula is C10H20O2. The van der Waals surface area contributed by atoms with Crippen LogP contribution in [0.15, 0.2) is 0 Å². The normalized spacial score (nSPS) is 23.2. The Bertz CT molecular complexity index is 130. The van der Waals surface area contributed by atoms with Crippen LogP contribution < -0.4 is 0 Å². The second kappa shape index (κ2) is 4.24. The van der Waals surface area contributed by atoms with Crippen LogP contribution in [0.1, 0.15) is 39.5 Å². The Hall–Kier alpha value is -0.0800. The van der Waals surface area contributed by atoms with Gasteiger partial charge in [0.2, 0.25) is 0 Å². The maximum Gasteiger partial charge on any atom is 0.0640 e. The first-order chi connectivity index (χ1) is 5.75. The van der Waals surface area contributed by atoms with E-state index in [9.17, 15) is 5.11 Å². The van der Waals surface area contributed by atoms with Crippen molar-refractivity contribution in [1.82, 2.24) is 0 Å². The van der Waals surface area contributed by atoms with Crippen LogP contribution in [0.3, 0.4) is 0 Å². The van der Waals surface area contributed by atoms with Gasteiger partial charge in [0, 0.05) is 5.41 Å². The molecule has 1 fully saturated rings. The van der Waals surface area contributed by atoms with Gasteiger partial charge in [0.15, 0.2) is 0 Å². The molecule has 0 spiro atoms. The van der Waals surface area contributed by atoms with E-state index in [2.05, 4.69) is 13.8 Å². The average Bonchev–Trinajstić information content (AvgIpc) is 1.97. The lowest BCUT2D eigenvalue weighted by Gasteiger charge is -2.45. The van der Waals surface area contributed by atoms with Crippen molar-refractivity contribution in [3.63, 3.8) is 0 Å². The van der Waals surface area contributed by atoms with E-state index in [0.29, 0.717) is 0 Å². The van der Waals surface area contributed by atoms with Gasteiger partial charge in [-0.15, -0.1) is 0 Å². The van der Waals surface area contributed by atoms with Crippen molar-refractivity contribution in [2.24, 2.45) is 5.41 Å². The van der Waals surface area contributed by atoms with Crippen molar-refractivity contribution < 1.29 is 9.84 Å². The molecule has 1 N–H and O–H groups in total. The van der Waals surface area contributed by atoms with Crippen molar-refractivity contribution in [2.75, 3.05) is 13.2 Å². The third-order valence-electron chi connectivity index (χ3n) is 2.80. The van der Waals surface area contributed by atoms with Gasteiger partial charge >= 0.3 is 0 Å². The molecule has 1 atom stereocenters. The topological polar surface area (TPSA) is 29.5 Å². The highest BCUT2D eigenvalue weighted by Crippen LogP contribution is 2.38. The van der Waals surface area contributed by atoms with Gasteiger partial charge in [-0.05, 0) is 12.8 Å². The van der Waals surface area contributed by atoms with Gasteiger partial charge in [-0.3, -0.25) is 0 Å². The summed E-state index contributed by atoms with van der Waals surface area (Å²) in [6.07, 6.45) is 4.09. The predicted molar refractivity (Wildman–Crippen MR) is 49.1 cm³/mol. The molecule has 1 rings (SSSR count). The zero-order valence-corrected chi connectivity index (χ0v) is 8.18. The van der Waals surface area contributed by atoms with E-state index in [4.69, 9.17) is 4.74 Å². The van der Waals surface area contributed by atoms with Gasteiger partial charge in [-0.25, -0.2) is 0 Å². The number of ether oxygens (including phenoxy) is 1. The fraction of sp³-hybridized carbons (Fsp3) is 1.00. The summed E-state index contributed by atoms with van der Waals surface area (Å²) >= 11 is 0. The third kappa shape index (κ3) is 1.80. The number of aliphatic hydroxyl groups excluding tert-OH is 1. The SMILES string of the molecule is CCCC(O)C1(CCC)COC1. The summed E-state index contributed by atoms with van der Waals surface area (Å²) in [7, 11) is 0. The second-order valence-corrected chi connectivity index (χ2v) is 3.91. The zero-order chi connectivity index (χ0) is 9.03. The molecule has 0 amide bonds. The summed E-state index contributed by atoms with van der Waals surface area (Å²) in [5, 5.41) is 9.87. The summed E-state index contributed by atoms with van der Waals surface area (Å²) < 4.78 is 5.20. The number of aliphatic hydroxyl groups is 1. The minimum Gasteiger partial charge on any atom is -0.392 e. The Morgan fingerprint density at radius 3 is 2.33 bits per heavy atom. The Labute approximate surface area is 74.9 Å². The lowest BCUT2D eigenvalue weighted by molar-refractivity contribution is -0.177. The molecule has 1 heterocycles. The van der Waals surface area contributed by atoms with Crippen molar-refractivity contribution >= 4 is 0 Å². The Kier molecular flexibility index (Phi) is 3.53. The molecule has 0 aliphatic carbocycles. The summed E-state index contributed by atoms with van der Waals surface area (Å²) in [6.45, 7) is 5.81. The summed E-state index contributed by atoms with van der Waals surface area (Å²) in [5.41, 5.74) is 0.116. The third-order valence-corrected chi connectivity index (χ3v) is 2.80. The molecule has 0 aromatic rings. The maximum atomic E-state index is 9.87. The van der Waals surface area contributed by atoms with Crippen molar-refractivity contribution in [3.05, 3.63) is 0 Å². The standard InChI is InChI=1S/C10H20O2/c1-3-5-9(11)10(6-4-2)7-12-8-10/h9,11H,3-8H2,1-2H3. The van der Waals surface area contributed by atoms with Crippen LogP contribution in [-0.4, -0.2) is 24.4 Å². The molecule has 2 heteroatoms. The van der Waals surface area contributed by atoms with E-state index in [0.717, 1.165) is 38.9 Å². The van der Waals surface area contributed by atoms with Gasteiger partial charge in [0.05, 0.1) is 19.3 Å². The molecular weight excluding hydrogens is 152 g/mol. The van der Waals surface area contributed by atoms with Gasteiger partial charge in [0.1, 0.15) is 0 Å². The quantitative estimate of drug-likeness (QED) is 0.687. The minimum absolute atomic E-state index is 0.116. The molecule has 0 saturated carbocycles. The second-order valence-electron chi connectivity index (χ2n) is 3.91. The summed E-state index contributed by atoms with van der Waals surface area (Å²) in [6, 6.07) is 0. The van der Waals surface area contributed by atoms with Gasteiger partial charge in [0.25, 0.3) is 0 Å². The van der Waals surface area contributed by atoms with Crippen LogP contribution in [0.2, 0.25) is 0 Å². The highest BCUT2D eigenvalue weighted by molar-refractivity contribution is 4.91. The molecule has 1 saturated heterocycles. The summed E-state index contributed by atoms with van der Waals surface area (Å²) in [4.78, 5) is 0. The minimum atomic E-state index is -0.142. The van der Waals surface area contributed by atoms with E-state index < -0.39 is 0 Å². The molecule has 0 aromatic carbocycles. The lowest BCUT2D eigenvalue weighted by Crippen LogP contribution is -2.51. The molecule has 12 heavy (non-hydrogen) atoms. The number of rotatable bonds is 5. The molecule has 0 radical (unpaired) electrons. The van der Waals surface area contributed by atoms with Crippen LogP contribution in [-0.2, 0) is 4.74 Å². The fourth-order valence-electron chi connectivity index (χ4n) is 1.95. The monoisotopic (exact) mass is 172 g/mol. The van der Waals surface area contributed by atoms with Gasteiger partial charge in [-0.1, -0.05) is 26.7 Å². The average molecular weight is 172 g/mol. The Balaban J connectivity index is 2.41. The van der Waals surface area contributed by atoms with Crippen LogP contribution in [0.4, 0.5) is 0 Å².